The molecule has 0 bridgehead atoms. The van der Waals surface area contributed by atoms with Crippen molar-refractivity contribution >= 4 is 17.5 Å². The Morgan fingerprint density at radius 2 is 1.43 bits per heavy atom. The van der Waals surface area contributed by atoms with Crippen molar-refractivity contribution in [1.29, 1.82) is 0 Å². The van der Waals surface area contributed by atoms with Crippen molar-refractivity contribution in [2.75, 3.05) is 0 Å². The van der Waals surface area contributed by atoms with Crippen molar-refractivity contribution < 1.29 is 29.7 Å². The highest BCUT2D eigenvalue weighted by Crippen LogP contribution is 2.37. The van der Waals surface area contributed by atoms with Crippen molar-refractivity contribution in [2.24, 2.45) is 0 Å². The summed E-state index contributed by atoms with van der Waals surface area (Å²) in [6.07, 6.45) is 0.157. The van der Waals surface area contributed by atoms with Crippen LogP contribution in [0.15, 0.2) is 40.9 Å². The third-order valence-electron chi connectivity index (χ3n) is 3.64. The monoisotopic (exact) mass is 286 g/mol. The predicted molar refractivity (Wildman–Crippen MR) is 70.6 cm³/mol. The highest BCUT2D eigenvalue weighted by Gasteiger charge is 2.39. The van der Waals surface area contributed by atoms with E-state index >= 15 is 0 Å². The molecular formula is C15H10O6. The molecule has 0 spiro atoms. The zero-order chi connectivity index (χ0) is 15.3. The molecule has 0 aliphatic heterocycles. The molecule has 106 valence electrons. The summed E-state index contributed by atoms with van der Waals surface area (Å²) >= 11 is 0. The Morgan fingerprint density at radius 1 is 0.905 bits per heavy atom. The van der Waals surface area contributed by atoms with Gasteiger partial charge in [-0.25, -0.2) is 4.79 Å². The lowest BCUT2D eigenvalue weighted by molar-refractivity contribution is 0.0696. The number of aliphatic hydroxyl groups is 2. The SMILES string of the molecule is O=C(O)c1ccc2c(c1)C(=O)C1=C(O)CCC(O)=C1C2=O. The number of fused-ring (bicyclic) bond motifs is 2. The zero-order valence-electron chi connectivity index (χ0n) is 10.7. The van der Waals surface area contributed by atoms with E-state index in [-0.39, 0.29) is 52.2 Å². The molecule has 0 atom stereocenters. The number of allylic oxidation sites excluding steroid dienone is 4. The summed E-state index contributed by atoms with van der Waals surface area (Å²) in [5, 5.41) is 28.7. The number of carboxylic acids is 1. The second-order valence-electron chi connectivity index (χ2n) is 4.87. The Morgan fingerprint density at radius 3 is 1.95 bits per heavy atom. The van der Waals surface area contributed by atoms with Crippen LogP contribution in [0.3, 0.4) is 0 Å². The van der Waals surface area contributed by atoms with Gasteiger partial charge in [0.2, 0.25) is 0 Å². The Kier molecular flexibility index (Phi) is 2.69. The van der Waals surface area contributed by atoms with Crippen LogP contribution in [-0.2, 0) is 0 Å². The molecule has 21 heavy (non-hydrogen) atoms. The van der Waals surface area contributed by atoms with Crippen LogP contribution >= 0.6 is 0 Å². The van der Waals surface area contributed by atoms with E-state index < -0.39 is 17.5 Å². The van der Waals surface area contributed by atoms with Gasteiger partial charge in [0.15, 0.2) is 11.6 Å². The topological polar surface area (TPSA) is 112 Å². The molecule has 0 amide bonds. The van der Waals surface area contributed by atoms with E-state index in [1.165, 1.54) is 12.1 Å². The largest absolute Gasteiger partial charge is 0.512 e. The van der Waals surface area contributed by atoms with Gasteiger partial charge in [0.05, 0.1) is 16.7 Å². The number of carbonyl (C=O) groups is 3. The average molecular weight is 286 g/mol. The van der Waals surface area contributed by atoms with Crippen LogP contribution in [-0.4, -0.2) is 32.9 Å². The van der Waals surface area contributed by atoms with Gasteiger partial charge in [0.25, 0.3) is 0 Å². The standard InChI is InChI=1S/C15H10O6/c16-9-3-4-10(17)12-11(9)13(18)7-2-1-6(15(20)21)5-8(7)14(12)19/h1-2,5,16-17H,3-4H2,(H,20,21). The number of carbonyl (C=O) groups excluding carboxylic acids is 2. The van der Waals surface area contributed by atoms with Crippen LogP contribution in [0.2, 0.25) is 0 Å². The number of rotatable bonds is 1. The molecule has 0 heterocycles. The Balaban J connectivity index is 2.31. The quantitative estimate of drug-likeness (QED) is 0.729. The molecule has 0 unspecified atom stereocenters. The second-order valence-corrected chi connectivity index (χ2v) is 4.87. The minimum Gasteiger partial charge on any atom is -0.512 e. The molecule has 0 saturated carbocycles. The summed E-state index contributed by atoms with van der Waals surface area (Å²) in [7, 11) is 0. The van der Waals surface area contributed by atoms with Crippen LogP contribution in [0, 0.1) is 0 Å². The van der Waals surface area contributed by atoms with E-state index in [0.717, 1.165) is 6.07 Å². The van der Waals surface area contributed by atoms with Gasteiger partial charge in [-0.15, -0.1) is 0 Å². The van der Waals surface area contributed by atoms with Crippen LogP contribution < -0.4 is 0 Å². The maximum absolute atomic E-state index is 12.4. The minimum atomic E-state index is -1.22. The van der Waals surface area contributed by atoms with Crippen molar-refractivity contribution in [3.63, 3.8) is 0 Å². The van der Waals surface area contributed by atoms with Gasteiger partial charge >= 0.3 is 5.97 Å². The van der Waals surface area contributed by atoms with Gasteiger partial charge < -0.3 is 15.3 Å². The fourth-order valence-corrected chi connectivity index (χ4v) is 2.60. The van der Waals surface area contributed by atoms with Gasteiger partial charge in [0.1, 0.15) is 11.5 Å². The van der Waals surface area contributed by atoms with E-state index in [1.54, 1.807) is 0 Å². The first-order valence-corrected chi connectivity index (χ1v) is 6.23. The summed E-state index contributed by atoms with van der Waals surface area (Å²) in [5.74, 6) is -2.93. The molecule has 1 aromatic carbocycles. The van der Waals surface area contributed by atoms with Gasteiger partial charge in [-0.05, 0) is 18.2 Å². The normalized spacial score (nSPS) is 17.7. The average Bonchev–Trinajstić information content (AvgIpc) is 2.46. The number of aliphatic hydroxyl groups excluding tert-OH is 2. The number of carboxylic acid groups (broad SMARTS) is 1. The molecular weight excluding hydrogens is 276 g/mol. The molecule has 0 fully saturated rings. The van der Waals surface area contributed by atoms with E-state index in [9.17, 15) is 24.6 Å². The summed E-state index contributed by atoms with van der Waals surface area (Å²) < 4.78 is 0. The van der Waals surface area contributed by atoms with Crippen molar-refractivity contribution in [3.05, 3.63) is 57.6 Å². The zero-order valence-corrected chi connectivity index (χ0v) is 10.7. The molecule has 1 aromatic rings. The highest BCUT2D eigenvalue weighted by molar-refractivity contribution is 6.31. The number of hydrogen-bond donors (Lipinski definition) is 3. The minimum absolute atomic E-state index is 0.0324. The number of aromatic carboxylic acids is 1. The second kappa shape index (κ2) is 4.31. The van der Waals surface area contributed by atoms with Crippen molar-refractivity contribution in [3.8, 4) is 0 Å². The fourth-order valence-electron chi connectivity index (χ4n) is 2.60. The summed E-state index contributed by atoms with van der Waals surface area (Å²) in [5.41, 5.74) is -0.564. The lowest BCUT2D eigenvalue weighted by atomic mass is 9.77. The molecule has 2 aliphatic carbocycles. The summed E-state index contributed by atoms with van der Waals surface area (Å²) in [6.45, 7) is 0. The van der Waals surface area contributed by atoms with Gasteiger partial charge in [-0.3, -0.25) is 9.59 Å². The third kappa shape index (κ3) is 1.76. The maximum atomic E-state index is 12.4. The first-order valence-electron chi connectivity index (χ1n) is 6.23. The third-order valence-corrected chi connectivity index (χ3v) is 3.64. The molecule has 2 aliphatic rings. The van der Waals surface area contributed by atoms with Crippen molar-refractivity contribution in [1.82, 2.24) is 0 Å². The van der Waals surface area contributed by atoms with E-state index in [4.69, 9.17) is 5.11 Å². The van der Waals surface area contributed by atoms with E-state index in [2.05, 4.69) is 0 Å². The maximum Gasteiger partial charge on any atom is 0.335 e. The fraction of sp³-hybridized carbons (Fsp3) is 0.133. The number of benzene rings is 1. The van der Waals surface area contributed by atoms with E-state index in [1.807, 2.05) is 0 Å². The van der Waals surface area contributed by atoms with Crippen LogP contribution in [0.4, 0.5) is 0 Å². The molecule has 6 heteroatoms. The van der Waals surface area contributed by atoms with Gasteiger partial charge in [-0.2, -0.15) is 0 Å². The van der Waals surface area contributed by atoms with Crippen LogP contribution in [0.25, 0.3) is 0 Å². The molecule has 0 aromatic heterocycles. The van der Waals surface area contributed by atoms with E-state index in [0.29, 0.717) is 0 Å². The smallest absolute Gasteiger partial charge is 0.335 e. The number of hydrogen-bond acceptors (Lipinski definition) is 5. The summed E-state index contributed by atoms with van der Waals surface area (Å²) in [6, 6.07) is 3.59. The van der Waals surface area contributed by atoms with Crippen molar-refractivity contribution in [2.45, 2.75) is 12.8 Å². The first-order chi connectivity index (χ1) is 9.91. The molecule has 0 radical (unpaired) electrons. The molecule has 0 saturated heterocycles. The predicted octanol–water partition coefficient (Wildman–Crippen LogP) is 2.18. The van der Waals surface area contributed by atoms with Gasteiger partial charge in [0, 0.05) is 24.0 Å². The molecule has 3 N–H and O–H groups in total. The molecule has 3 rings (SSSR count). The Labute approximate surface area is 118 Å². The Bertz CT molecular complexity index is 781. The van der Waals surface area contributed by atoms with Crippen LogP contribution in [0.5, 0.6) is 0 Å². The number of ketones is 2. The lowest BCUT2D eigenvalue weighted by Gasteiger charge is -2.24. The Hall–Kier alpha value is -2.89. The number of Topliss-reactive ketones (excluding diaryl/α,β-unsaturated/α-hetero) is 2. The summed E-state index contributed by atoms with van der Waals surface area (Å²) in [4.78, 5) is 35.8. The highest BCUT2D eigenvalue weighted by atomic mass is 16.4. The lowest BCUT2D eigenvalue weighted by Crippen LogP contribution is -2.27. The van der Waals surface area contributed by atoms with Crippen LogP contribution in [0.1, 0.15) is 43.9 Å². The van der Waals surface area contributed by atoms with Gasteiger partial charge in [-0.1, -0.05) is 0 Å². The first kappa shape index (κ1) is 13.1. The molecule has 6 nitrogen and oxygen atoms in total.